The predicted molar refractivity (Wildman–Crippen MR) is 120 cm³/mol. The molecule has 0 radical (unpaired) electrons. The van der Waals surface area contributed by atoms with Crippen LogP contribution in [-0.2, 0) is 23.9 Å². The van der Waals surface area contributed by atoms with E-state index in [2.05, 4.69) is 0 Å². The van der Waals surface area contributed by atoms with Gasteiger partial charge in [-0.2, -0.15) is 13.2 Å². The Labute approximate surface area is 190 Å². The second-order valence-corrected chi connectivity index (χ2v) is 7.83. The number of carboxylic acids is 1. The number of halogens is 3. The first kappa shape index (κ1) is 24.0. The average molecular weight is 455 g/mol. The first-order valence-corrected chi connectivity index (χ1v) is 10.5. The summed E-state index contributed by atoms with van der Waals surface area (Å²) in [4.78, 5) is 25.8. The van der Waals surface area contributed by atoms with Gasteiger partial charge in [-0.25, -0.2) is 0 Å². The van der Waals surface area contributed by atoms with Gasteiger partial charge in [-0.3, -0.25) is 9.59 Å². The summed E-state index contributed by atoms with van der Waals surface area (Å²) in [6, 6.07) is 17.5. The van der Waals surface area contributed by atoms with Crippen molar-refractivity contribution in [3.63, 3.8) is 0 Å². The fourth-order valence-corrected chi connectivity index (χ4v) is 3.72. The second kappa shape index (κ2) is 9.90. The molecule has 0 unspecified atom stereocenters. The molecule has 0 saturated carbocycles. The quantitative estimate of drug-likeness (QED) is 0.478. The van der Waals surface area contributed by atoms with Crippen LogP contribution in [0.25, 0.3) is 11.1 Å². The Bertz CT molecular complexity index is 1160. The van der Waals surface area contributed by atoms with E-state index >= 15 is 0 Å². The van der Waals surface area contributed by atoms with Gasteiger partial charge in [0.15, 0.2) is 0 Å². The predicted octanol–water partition coefficient (Wildman–Crippen LogP) is 5.97. The van der Waals surface area contributed by atoms with E-state index in [0.717, 1.165) is 17.7 Å². The minimum atomic E-state index is -4.62. The maximum atomic E-state index is 13.5. The zero-order valence-electron chi connectivity index (χ0n) is 18.3. The van der Waals surface area contributed by atoms with Crippen LogP contribution in [-0.4, -0.2) is 28.4 Å². The Hall–Kier alpha value is -3.61. The summed E-state index contributed by atoms with van der Waals surface area (Å²) in [6.07, 6.45) is -5.14. The SMILES string of the molecule is CCN(Cc1cc(C)ccc1-c1cc(CC(=O)O)cc(C(F)(F)F)c1)C(=O)c1ccccc1. The van der Waals surface area contributed by atoms with Crippen molar-refractivity contribution < 1.29 is 27.9 Å². The molecule has 1 N–H and O–H groups in total. The third-order valence-corrected chi connectivity index (χ3v) is 5.30. The van der Waals surface area contributed by atoms with Crippen LogP contribution in [0.1, 0.15) is 39.5 Å². The third-order valence-electron chi connectivity index (χ3n) is 5.30. The maximum absolute atomic E-state index is 13.5. The highest BCUT2D eigenvalue weighted by Crippen LogP contribution is 2.35. The van der Waals surface area contributed by atoms with Crippen molar-refractivity contribution in [2.45, 2.75) is 33.0 Å². The average Bonchev–Trinajstić information content (AvgIpc) is 2.76. The summed E-state index contributed by atoms with van der Waals surface area (Å²) in [5.74, 6) is -1.39. The number of aryl methyl sites for hydroxylation is 1. The van der Waals surface area contributed by atoms with Gasteiger partial charge in [0.2, 0.25) is 0 Å². The maximum Gasteiger partial charge on any atom is 0.416 e. The number of carbonyl (C=O) groups is 2. The normalized spacial score (nSPS) is 11.3. The number of amides is 1. The number of nitrogens with zero attached hydrogens (tertiary/aromatic N) is 1. The summed E-state index contributed by atoms with van der Waals surface area (Å²) >= 11 is 0. The van der Waals surface area contributed by atoms with Crippen LogP contribution in [0.15, 0.2) is 66.7 Å². The number of rotatable bonds is 7. The standard InChI is InChI=1S/C26H24F3NO3/c1-3-30(25(33)19-7-5-4-6-8-19)16-21-11-17(2)9-10-23(21)20-12-18(14-24(31)32)13-22(15-20)26(27,28)29/h4-13,15H,3,14,16H2,1-2H3,(H,31,32). The van der Waals surface area contributed by atoms with Gasteiger partial charge >= 0.3 is 12.1 Å². The van der Waals surface area contributed by atoms with E-state index in [0.29, 0.717) is 23.2 Å². The molecule has 0 heterocycles. The Kier molecular flexibility index (Phi) is 7.21. The van der Waals surface area contributed by atoms with Crippen LogP contribution in [0.5, 0.6) is 0 Å². The number of benzene rings is 3. The molecule has 1 amide bonds. The van der Waals surface area contributed by atoms with Crippen molar-refractivity contribution in [3.8, 4) is 11.1 Å². The van der Waals surface area contributed by atoms with Gasteiger partial charge in [0.05, 0.1) is 12.0 Å². The molecule has 3 aromatic carbocycles. The van der Waals surface area contributed by atoms with Crippen LogP contribution in [0, 0.1) is 6.92 Å². The zero-order valence-corrected chi connectivity index (χ0v) is 18.3. The highest BCUT2D eigenvalue weighted by molar-refractivity contribution is 5.94. The molecule has 7 heteroatoms. The summed E-state index contributed by atoms with van der Waals surface area (Å²) in [6.45, 7) is 4.32. The van der Waals surface area contributed by atoms with Gasteiger partial charge in [0.25, 0.3) is 5.91 Å². The Morgan fingerprint density at radius 3 is 2.27 bits per heavy atom. The topological polar surface area (TPSA) is 57.6 Å². The molecule has 4 nitrogen and oxygen atoms in total. The Morgan fingerprint density at radius 2 is 1.67 bits per heavy atom. The monoisotopic (exact) mass is 455 g/mol. The molecule has 0 fully saturated rings. The summed E-state index contributed by atoms with van der Waals surface area (Å²) in [5.41, 5.74) is 2.05. The third kappa shape index (κ3) is 6.00. The molecule has 0 atom stereocenters. The molecule has 0 saturated heterocycles. The molecule has 0 spiro atoms. The van der Waals surface area contributed by atoms with Crippen molar-refractivity contribution in [1.29, 1.82) is 0 Å². The van der Waals surface area contributed by atoms with Gasteiger partial charge in [-0.1, -0.05) is 48.0 Å². The number of alkyl halides is 3. The smallest absolute Gasteiger partial charge is 0.416 e. The van der Waals surface area contributed by atoms with Gasteiger partial charge in [-0.05, 0) is 60.4 Å². The summed E-state index contributed by atoms with van der Waals surface area (Å²) < 4.78 is 40.6. The van der Waals surface area contributed by atoms with Gasteiger partial charge < -0.3 is 10.0 Å². The van der Waals surface area contributed by atoms with E-state index in [1.54, 1.807) is 41.3 Å². The molecule has 0 bridgehead atoms. The van der Waals surface area contributed by atoms with E-state index in [-0.39, 0.29) is 23.6 Å². The van der Waals surface area contributed by atoms with E-state index < -0.39 is 24.1 Å². The molecule has 33 heavy (non-hydrogen) atoms. The lowest BCUT2D eigenvalue weighted by molar-refractivity contribution is -0.138. The van der Waals surface area contributed by atoms with Crippen molar-refractivity contribution >= 4 is 11.9 Å². The number of carbonyl (C=O) groups excluding carboxylic acids is 1. The van der Waals surface area contributed by atoms with Crippen LogP contribution in [0.3, 0.4) is 0 Å². The molecule has 0 aliphatic carbocycles. The largest absolute Gasteiger partial charge is 0.481 e. The highest BCUT2D eigenvalue weighted by Gasteiger charge is 2.31. The van der Waals surface area contributed by atoms with Crippen LogP contribution in [0.2, 0.25) is 0 Å². The van der Waals surface area contributed by atoms with Crippen molar-refractivity contribution in [3.05, 3.63) is 94.5 Å². The number of carboxylic acid groups (broad SMARTS) is 1. The Morgan fingerprint density at radius 1 is 0.970 bits per heavy atom. The van der Waals surface area contributed by atoms with Crippen LogP contribution >= 0.6 is 0 Å². The van der Waals surface area contributed by atoms with Gasteiger partial charge in [0.1, 0.15) is 0 Å². The van der Waals surface area contributed by atoms with E-state index in [1.165, 1.54) is 6.07 Å². The van der Waals surface area contributed by atoms with Crippen molar-refractivity contribution in [2.75, 3.05) is 6.54 Å². The van der Waals surface area contributed by atoms with Crippen LogP contribution < -0.4 is 0 Å². The molecule has 0 aromatic heterocycles. The second-order valence-electron chi connectivity index (χ2n) is 7.83. The molecular weight excluding hydrogens is 431 g/mol. The van der Waals surface area contributed by atoms with Crippen molar-refractivity contribution in [1.82, 2.24) is 4.90 Å². The lowest BCUT2D eigenvalue weighted by atomic mass is 9.93. The summed E-state index contributed by atoms with van der Waals surface area (Å²) in [5, 5.41) is 9.11. The van der Waals surface area contributed by atoms with E-state index in [1.807, 2.05) is 26.0 Å². The highest BCUT2D eigenvalue weighted by atomic mass is 19.4. The number of hydrogen-bond donors (Lipinski definition) is 1. The fourth-order valence-electron chi connectivity index (χ4n) is 3.72. The number of aliphatic carboxylic acids is 1. The molecule has 0 aliphatic rings. The Balaban J connectivity index is 2.07. The number of hydrogen-bond acceptors (Lipinski definition) is 2. The van der Waals surface area contributed by atoms with Gasteiger partial charge in [0, 0.05) is 18.7 Å². The minimum Gasteiger partial charge on any atom is -0.481 e. The minimum absolute atomic E-state index is 0.0616. The molecule has 3 rings (SSSR count). The zero-order chi connectivity index (χ0) is 24.2. The van der Waals surface area contributed by atoms with Crippen LogP contribution in [0.4, 0.5) is 13.2 Å². The molecule has 172 valence electrons. The molecule has 0 aliphatic heterocycles. The first-order chi connectivity index (χ1) is 15.6. The fraction of sp³-hybridized carbons (Fsp3) is 0.231. The van der Waals surface area contributed by atoms with E-state index in [9.17, 15) is 22.8 Å². The molecular formula is C26H24F3NO3. The van der Waals surface area contributed by atoms with Gasteiger partial charge in [-0.15, -0.1) is 0 Å². The first-order valence-electron chi connectivity index (χ1n) is 10.5. The lowest BCUT2D eigenvalue weighted by Crippen LogP contribution is -2.30. The summed E-state index contributed by atoms with van der Waals surface area (Å²) in [7, 11) is 0. The van der Waals surface area contributed by atoms with Crippen molar-refractivity contribution in [2.24, 2.45) is 0 Å². The van der Waals surface area contributed by atoms with E-state index in [4.69, 9.17) is 5.11 Å². The molecule has 3 aromatic rings. The lowest BCUT2D eigenvalue weighted by Gasteiger charge is -2.23.